The van der Waals surface area contributed by atoms with Crippen molar-refractivity contribution in [2.24, 2.45) is 5.92 Å². The Hall–Kier alpha value is -2.72. The van der Waals surface area contributed by atoms with E-state index in [4.69, 9.17) is 5.11 Å². The third-order valence-corrected chi connectivity index (χ3v) is 4.45. The van der Waals surface area contributed by atoms with E-state index in [-0.39, 0.29) is 36.1 Å². The highest BCUT2D eigenvalue weighted by atomic mass is 35.5. The molecule has 0 radical (unpaired) electrons. The van der Waals surface area contributed by atoms with E-state index in [2.05, 4.69) is 9.97 Å². The molecule has 0 saturated carbocycles. The second-order valence-electron chi connectivity index (χ2n) is 6.08. The van der Waals surface area contributed by atoms with Crippen molar-refractivity contribution < 1.29 is 14.8 Å². The highest BCUT2D eigenvalue weighted by molar-refractivity contribution is 5.85. The number of nitro benzene ring substituents is 1. The number of nitro groups is 1. The predicted octanol–water partition coefficient (Wildman–Crippen LogP) is 0.843. The van der Waals surface area contributed by atoms with E-state index in [1.807, 2.05) is 4.90 Å². The number of H-pyrrole nitrogens is 2. The van der Waals surface area contributed by atoms with Gasteiger partial charge in [-0.05, 0) is 32.0 Å². The van der Waals surface area contributed by atoms with Crippen LogP contribution in [0.4, 0.5) is 5.69 Å². The Kier molecular flexibility index (Phi) is 5.78. The number of halogens is 1. The zero-order valence-electron chi connectivity index (χ0n) is 13.6. The standard InChI is InChI=1S/C15H16N4O6.ClH/c20-13-14(21)17-11-6-12(19(24)25)9(5-10(11)16-13)7-18-3-1-8(2-4-18)15(22)23;/h5-6,8H,1-4,7H2,(H,16,20)(H,17,21)(H,22,23);1H. The summed E-state index contributed by atoms with van der Waals surface area (Å²) < 4.78 is 0. The van der Waals surface area contributed by atoms with Crippen molar-refractivity contribution >= 4 is 35.1 Å². The molecule has 0 spiro atoms. The van der Waals surface area contributed by atoms with E-state index >= 15 is 0 Å². The number of nitrogens with zero attached hydrogens (tertiary/aromatic N) is 2. The molecule has 0 atom stereocenters. The Labute approximate surface area is 152 Å². The first-order valence-corrected chi connectivity index (χ1v) is 7.74. The molecule has 0 bridgehead atoms. The van der Waals surface area contributed by atoms with Crippen LogP contribution in [-0.4, -0.2) is 44.0 Å². The molecule has 11 heteroatoms. The van der Waals surface area contributed by atoms with E-state index in [0.717, 1.165) is 0 Å². The fourth-order valence-electron chi connectivity index (χ4n) is 3.07. The van der Waals surface area contributed by atoms with Crippen LogP contribution >= 0.6 is 12.4 Å². The largest absolute Gasteiger partial charge is 0.481 e. The molecule has 0 unspecified atom stereocenters. The number of carbonyl (C=O) groups is 1. The minimum absolute atomic E-state index is 0. The van der Waals surface area contributed by atoms with Crippen molar-refractivity contribution in [3.05, 3.63) is 48.5 Å². The molecule has 1 aliphatic heterocycles. The van der Waals surface area contributed by atoms with Gasteiger partial charge in [0.05, 0.1) is 21.9 Å². The predicted molar refractivity (Wildman–Crippen MR) is 94.7 cm³/mol. The molecule has 3 rings (SSSR count). The van der Waals surface area contributed by atoms with Crippen molar-refractivity contribution in [1.29, 1.82) is 0 Å². The molecule has 1 aromatic carbocycles. The molecular weight excluding hydrogens is 368 g/mol. The van der Waals surface area contributed by atoms with Crippen molar-refractivity contribution in [3.63, 3.8) is 0 Å². The number of nitrogens with one attached hydrogen (secondary N) is 2. The Bertz CT molecular complexity index is 961. The molecular formula is C15H17ClN4O6. The fourth-order valence-corrected chi connectivity index (χ4v) is 3.07. The van der Waals surface area contributed by atoms with Gasteiger partial charge in [0.25, 0.3) is 5.69 Å². The lowest BCUT2D eigenvalue weighted by atomic mass is 9.96. The lowest BCUT2D eigenvalue weighted by Gasteiger charge is -2.29. The number of fused-ring (bicyclic) bond motifs is 1. The minimum Gasteiger partial charge on any atom is -0.481 e. The molecule has 1 fully saturated rings. The zero-order valence-corrected chi connectivity index (χ0v) is 14.4. The van der Waals surface area contributed by atoms with Crippen molar-refractivity contribution in [1.82, 2.24) is 14.9 Å². The molecule has 10 nitrogen and oxygen atoms in total. The van der Waals surface area contributed by atoms with Crippen LogP contribution in [0, 0.1) is 16.0 Å². The van der Waals surface area contributed by atoms with Gasteiger partial charge in [-0.25, -0.2) is 0 Å². The number of aliphatic carboxylic acids is 1. The van der Waals surface area contributed by atoms with Crippen LogP contribution in [0.2, 0.25) is 0 Å². The van der Waals surface area contributed by atoms with Crippen LogP contribution in [0.15, 0.2) is 21.7 Å². The minimum atomic E-state index is -0.870. The van der Waals surface area contributed by atoms with Gasteiger partial charge in [-0.15, -0.1) is 12.4 Å². The van der Waals surface area contributed by atoms with E-state index in [9.17, 15) is 24.5 Å². The van der Waals surface area contributed by atoms with Gasteiger partial charge >= 0.3 is 17.1 Å². The molecule has 0 aliphatic carbocycles. The number of likely N-dealkylation sites (tertiary alicyclic amines) is 1. The summed E-state index contributed by atoms with van der Waals surface area (Å²) in [7, 11) is 0. The van der Waals surface area contributed by atoms with Crippen LogP contribution in [0.5, 0.6) is 0 Å². The maximum atomic E-state index is 11.5. The summed E-state index contributed by atoms with van der Waals surface area (Å²) in [6, 6.07) is 2.71. The van der Waals surface area contributed by atoms with E-state index in [1.54, 1.807) is 0 Å². The number of aromatic amines is 2. The molecule has 2 heterocycles. The van der Waals surface area contributed by atoms with Crippen LogP contribution in [0.1, 0.15) is 18.4 Å². The third-order valence-electron chi connectivity index (χ3n) is 4.45. The van der Waals surface area contributed by atoms with Gasteiger partial charge in [-0.2, -0.15) is 0 Å². The zero-order chi connectivity index (χ0) is 18.1. The van der Waals surface area contributed by atoms with Crippen LogP contribution in [0.3, 0.4) is 0 Å². The van der Waals surface area contributed by atoms with Gasteiger partial charge in [-0.1, -0.05) is 0 Å². The molecule has 0 amide bonds. The highest BCUT2D eigenvalue weighted by Crippen LogP contribution is 2.26. The lowest BCUT2D eigenvalue weighted by Crippen LogP contribution is -2.36. The van der Waals surface area contributed by atoms with Gasteiger partial charge in [0, 0.05) is 18.2 Å². The van der Waals surface area contributed by atoms with Gasteiger partial charge < -0.3 is 15.1 Å². The molecule has 140 valence electrons. The summed E-state index contributed by atoms with van der Waals surface area (Å²) in [5, 5.41) is 20.4. The van der Waals surface area contributed by atoms with Gasteiger partial charge in [0.1, 0.15) is 0 Å². The first-order chi connectivity index (χ1) is 11.8. The van der Waals surface area contributed by atoms with Crippen LogP contribution in [0.25, 0.3) is 11.0 Å². The Morgan fingerprint density at radius 1 is 1.19 bits per heavy atom. The third kappa shape index (κ3) is 3.92. The number of hydrogen-bond donors (Lipinski definition) is 3. The van der Waals surface area contributed by atoms with Gasteiger partial charge in [-0.3, -0.25) is 29.4 Å². The number of piperidine rings is 1. The molecule has 1 aliphatic rings. The first kappa shape index (κ1) is 19.6. The first-order valence-electron chi connectivity index (χ1n) is 7.74. The van der Waals surface area contributed by atoms with E-state index in [0.29, 0.717) is 37.0 Å². The smallest absolute Gasteiger partial charge is 0.314 e. The normalized spacial score (nSPS) is 15.5. The van der Waals surface area contributed by atoms with Crippen molar-refractivity contribution in [2.75, 3.05) is 13.1 Å². The summed E-state index contributed by atoms with van der Waals surface area (Å²) in [6.45, 7) is 1.31. The maximum Gasteiger partial charge on any atom is 0.314 e. The molecule has 26 heavy (non-hydrogen) atoms. The fraction of sp³-hybridized carbons (Fsp3) is 0.400. The molecule has 3 N–H and O–H groups in total. The van der Waals surface area contributed by atoms with Gasteiger partial charge in [0.15, 0.2) is 0 Å². The molecule has 1 saturated heterocycles. The summed E-state index contributed by atoms with van der Waals surface area (Å²) in [5.41, 5.74) is -0.959. The Morgan fingerprint density at radius 3 is 2.23 bits per heavy atom. The lowest BCUT2D eigenvalue weighted by molar-refractivity contribution is -0.385. The monoisotopic (exact) mass is 384 g/mol. The molecule has 1 aromatic heterocycles. The van der Waals surface area contributed by atoms with Crippen molar-refractivity contribution in [3.8, 4) is 0 Å². The number of rotatable bonds is 4. The Morgan fingerprint density at radius 2 is 1.73 bits per heavy atom. The Balaban J connectivity index is 0.00000243. The summed E-state index contributed by atoms with van der Waals surface area (Å²) in [5.74, 6) is -1.21. The number of carboxylic acid groups (broad SMARTS) is 1. The second kappa shape index (κ2) is 7.67. The quantitative estimate of drug-likeness (QED) is 0.401. The van der Waals surface area contributed by atoms with Crippen LogP contribution in [-0.2, 0) is 11.3 Å². The van der Waals surface area contributed by atoms with Crippen molar-refractivity contribution in [2.45, 2.75) is 19.4 Å². The maximum absolute atomic E-state index is 11.5. The number of hydrogen-bond acceptors (Lipinski definition) is 6. The number of benzene rings is 1. The molecule has 2 aromatic rings. The van der Waals surface area contributed by atoms with E-state index < -0.39 is 22.0 Å². The number of carboxylic acids is 1. The number of aromatic nitrogens is 2. The summed E-state index contributed by atoms with van der Waals surface area (Å²) in [6.07, 6.45) is 0.974. The van der Waals surface area contributed by atoms with Crippen LogP contribution < -0.4 is 11.1 Å². The summed E-state index contributed by atoms with van der Waals surface area (Å²) >= 11 is 0. The topological polar surface area (TPSA) is 149 Å². The summed E-state index contributed by atoms with van der Waals surface area (Å²) in [4.78, 5) is 51.3. The van der Waals surface area contributed by atoms with E-state index in [1.165, 1.54) is 12.1 Å². The average molecular weight is 385 g/mol. The average Bonchev–Trinajstić information content (AvgIpc) is 2.56. The highest BCUT2D eigenvalue weighted by Gasteiger charge is 2.26. The second-order valence-corrected chi connectivity index (χ2v) is 6.08. The van der Waals surface area contributed by atoms with Gasteiger partial charge in [0.2, 0.25) is 0 Å². The SMILES string of the molecule is Cl.O=C(O)C1CCN(Cc2cc3[nH]c(=O)c(=O)[nH]c3cc2[N+](=O)[O-])CC1.